The van der Waals surface area contributed by atoms with Crippen molar-refractivity contribution in [1.82, 2.24) is 20.4 Å². The maximum atomic E-state index is 12.5. The Balaban J connectivity index is 1.70. The van der Waals surface area contributed by atoms with Crippen LogP contribution in [0.3, 0.4) is 0 Å². The van der Waals surface area contributed by atoms with Crippen LogP contribution in [0.2, 0.25) is 0 Å². The highest BCUT2D eigenvalue weighted by Crippen LogP contribution is 2.26. The zero-order valence-corrected chi connectivity index (χ0v) is 13.8. The summed E-state index contributed by atoms with van der Waals surface area (Å²) in [5, 5.41) is 10.8. The average molecular weight is 312 g/mol. The van der Waals surface area contributed by atoms with Gasteiger partial charge in [-0.05, 0) is 50.4 Å². The molecule has 0 aliphatic carbocycles. The molecule has 2 heterocycles. The fraction of sp³-hybridized carbons (Fsp3) is 0.444. The standard InChI is InChI=1S/C18H24N4O/c1-14-16(12-21-22(14)15-6-4-3-5-7-15)17(23)20-13-18(2)8-10-19-11-9-18/h3-7,12,19H,8-11,13H2,1-2H3,(H,20,23). The predicted molar refractivity (Wildman–Crippen MR) is 90.8 cm³/mol. The Bertz CT molecular complexity index is 672. The summed E-state index contributed by atoms with van der Waals surface area (Å²) in [5.74, 6) is -0.0376. The molecule has 2 N–H and O–H groups in total. The van der Waals surface area contributed by atoms with E-state index in [-0.39, 0.29) is 11.3 Å². The average Bonchev–Trinajstić information content (AvgIpc) is 2.96. The smallest absolute Gasteiger partial charge is 0.254 e. The molecule has 0 atom stereocenters. The number of rotatable bonds is 4. The number of nitrogens with zero attached hydrogens (tertiary/aromatic N) is 2. The molecule has 5 heteroatoms. The molecule has 1 amide bonds. The zero-order chi connectivity index (χ0) is 16.3. The molecule has 1 fully saturated rings. The molecule has 1 aromatic heterocycles. The van der Waals surface area contributed by atoms with Gasteiger partial charge < -0.3 is 10.6 Å². The molecule has 0 spiro atoms. The van der Waals surface area contributed by atoms with Gasteiger partial charge in [-0.15, -0.1) is 0 Å². The minimum Gasteiger partial charge on any atom is -0.351 e. The summed E-state index contributed by atoms with van der Waals surface area (Å²) in [6, 6.07) is 9.87. The topological polar surface area (TPSA) is 59.0 Å². The lowest BCUT2D eigenvalue weighted by Crippen LogP contribution is -2.43. The molecule has 0 saturated carbocycles. The van der Waals surface area contributed by atoms with E-state index < -0.39 is 0 Å². The molecule has 1 saturated heterocycles. The van der Waals surface area contributed by atoms with Crippen molar-refractivity contribution in [3.8, 4) is 5.69 Å². The molecular formula is C18H24N4O. The van der Waals surface area contributed by atoms with Crippen molar-refractivity contribution in [2.24, 2.45) is 5.41 Å². The Labute approximate surface area is 137 Å². The second-order valence-electron chi connectivity index (χ2n) is 6.63. The molecule has 1 aliphatic rings. The van der Waals surface area contributed by atoms with E-state index in [1.54, 1.807) is 10.9 Å². The summed E-state index contributed by atoms with van der Waals surface area (Å²) in [6.07, 6.45) is 3.84. The van der Waals surface area contributed by atoms with E-state index in [4.69, 9.17) is 0 Å². The van der Waals surface area contributed by atoms with Crippen LogP contribution in [0.15, 0.2) is 36.5 Å². The SMILES string of the molecule is Cc1c(C(=O)NCC2(C)CCNCC2)cnn1-c1ccccc1. The Hall–Kier alpha value is -2.14. The van der Waals surface area contributed by atoms with Gasteiger partial charge in [0.25, 0.3) is 5.91 Å². The van der Waals surface area contributed by atoms with Gasteiger partial charge in [-0.1, -0.05) is 25.1 Å². The maximum Gasteiger partial charge on any atom is 0.254 e. The largest absolute Gasteiger partial charge is 0.351 e. The summed E-state index contributed by atoms with van der Waals surface area (Å²) in [7, 11) is 0. The third kappa shape index (κ3) is 3.45. The lowest BCUT2D eigenvalue weighted by molar-refractivity contribution is 0.0921. The van der Waals surface area contributed by atoms with Crippen LogP contribution in [0.25, 0.3) is 5.69 Å². The van der Waals surface area contributed by atoms with E-state index in [9.17, 15) is 4.79 Å². The molecule has 5 nitrogen and oxygen atoms in total. The molecule has 2 aromatic rings. The molecule has 3 rings (SSSR count). The van der Waals surface area contributed by atoms with Crippen molar-refractivity contribution in [2.75, 3.05) is 19.6 Å². The zero-order valence-electron chi connectivity index (χ0n) is 13.8. The van der Waals surface area contributed by atoms with Crippen LogP contribution in [-0.4, -0.2) is 35.3 Å². The maximum absolute atomic E-state index is 12.5. The quantitative estimate of drug-likeness (QED) is 0.911. The van der Waals surface area contributed by atoms with Crippen LogP contribution in [0.5, 0.6) is 0 Å². The molecule has 1 aromatic carbocycles. The number of nitrogens with one attached hydrogen (secondary N) is 2. The van der Waals surface area contributed by atoms with Crippen LogP contribution in [0.1, 0.15) is 35.8 Å². The number of carbonyl (C=O) groups is 1. The number of hydrogen-bond donors (Lipinski definition) is 2. The summed E-state index contributed by atoms with van der Waals surface area (Å²) in [6.45, 7) is 6.94. The van der Waals surface area contributed by atoms with E-state index in [1.165, 1.54) is 0 Å². The first-order valence-corrected chi connectivity index (χ1v) is 8.18. The fourth-order valence-corrected chi connectivity index (χ4v) is 3.06. The van der Waals surface area contributed by atoms with Crippen LogP contribution < -0.4 is 10.6 Å². The van der Waals surface area contributed by atoms with Crippen molar-refractivity contribution in [3.05, 3.63) is 47.8 Å². The van der Waals surface area contributed by atoms with Gasteiger partial charge in [0, 0.05) is 6.54 Å². The molecular weight excluding hydrogens is 288 g/mol. The summed E-state index contributed by atoms with van der Waals surface area (Å²) < 4.78 is 1.81. The minimum absolute atomic E-state index is 0.0376. The number of hydrogen-bond acceptors (Lipinski definition) is 3. The van der Waals surface area contributed by atoms with E-state index in [0.29, 0.717) is 12.1 Å². The number of carbonyl (C=O) groups excluding carboxylic acids is 1. The van der Waals surface area contributed by atoms with Gasteiger partial charge in [-0.3, -0.25) is 4.79 Å². The summed E-state index contributed by atoms with van der Waals surface area (Å²) >= 11 is 0. The fourth-order valence-electron chi connectivity index (χ4n) is 3.06. The highest BCUT2D eigenvalue weighted by atomic mass is 16.1. The van der Waals surface area contributed by atoms with Gasteiger partial charge in [-0.25, -0.2) is 4.68 Å². The first kappa shape index (κ1) is 15.7. The second-order valence-corrected chi connectivity index (χ2v) is 6.63. The van der Waals surface area contributed by atoms with Crippen LogP contribution in [0, 0.1) is 12.3 Å². The van der Waals surface area contributed by atoms with Gasteiger partial charge >= 0.3 is 0 Å². The number of amides is 1. The second kappa shape index (κ2) is 6.54. The first-order valence-electron chi connectivity index (χ1n) is 8.18. The lowest BCUT2D eigenvalue weighted by atomic mass is 9.81. The molecule has 1 aliphatic heterocycles. The number of benzene rings is 1. The van der Waals surface area contributed by atoms with Crippen LogP contribution in [0.4, 0.5) is 0 Å². The highest BCUT2D eigenvalue weighted by Gasteiger charge is 2.27. The molecule has 122 valence electrons. The van der Waals surface area contributed by atoms with Crippen molar-refractivity contribution in [2.45, 2.75) is 26.7 Å². The Morgan fingerprint density at radius 2 is 2.00 bits per heavy atom. The van der Waals surface area contributed by atoms with Crippen molar-refractivity contribution in [1.29, 1.82) is 0 Å². The third-order valence-corrected chi connectivity index (χ3v) is 4.74. The molecule has 0 radical (unpaired) electrons. The highest BCUT2D eigenvalue weighted by molar-refractivity contribution is 5.95. The summed E-state index contributed by atoms with van der Waals surface area (Å²) in [4.78, 5) is 12.5. The molecule has 0 unspecified atom stereocenters. The van der Waals surface area contributed by atoms with Crippen LogP contribution in [-0.2, 0) is 0 Å². The van der Waals surface area contributed by atoms with Gasteiger partial charge in [0.1, 0.15) is 0 Å². The summed E-state index contributed by atoms with van der Waals surface area (Å²) in [5.41, 5.74) is 2.66. The van der Waals surface area contributed by atoms with E-state index >= 15 is 0 Å². The number of piperidine rings is 1. The normalized spacial score (nSPS) is 17.0. The van der Waals surface area contributed by atoms with Crippen molar-refractivity contribution >= 4 is 5.91 Å². The number of para-hydroxylation sites is 1. The van der Waals surface area contributed by atoms with Gasteiger partial charge in [-0.2, -0.15) is 5.10 Å². The third-order valence-electron chi connectivity index (χ3n) is 4.74. The van der Waals surface area contributed by atoms with E-state index in [2.05, 4.69) is 22.7 Å². The Morgan fingerprint density at radius 3 is 2.70 bits per heavy atom. The minimum atomic E-state index is -0.0376. The first-order chi connectivity index (χ1) is 11.1. The van der Waals surface area contributed by atoms with Gasteiger partial charge in [0.2, 0.25) is 0 Å². The van der Waals surface area contributed by atoms with E-state index in [1.807, 2.05) is 37.3 Å². The van der Waals surface area contributed by atoms with Crippen LogP contribution >= 0.6 is 0 Å². The number of aromatic nitrogens is 2. The van der Waals surface area contributed by atoms with Gasteiger partial charge in [0.15, 0.2) is 0 Å². The monoisotopic (exact) mass is 312 g/mol. The van der Waals surface area contributed by atoms with Crippen molar-refractivity contribution in [3.63, 3.8) is 0 Å². The Kier molecular flexibility index (Phi) is 4.48. The molecule has 0 bridgehead atoms. The predicted octanol–water partition coefficient (Wildman–Crippen LogP) is 2.30. The van der Waals surface area contributed by atoms with Crippen molar-refractivity contribution < 1.29 is 4.79 Å². The van der Waals surface area contributed by atoms with E-state index in [0.717, 1.165) is 37.3 Å². The lowest BCUT2D eigenvalue weighted by Gasteiger charge is -2.34. The van der Waals surface area contributed by atoms with Gasteiger partial charge in [0.05, 0.1) is 23.1 Å². The molecule has 23 heavy (non-hydrogen) atoms. The Morgan fingerprint density at radius 1 is 1.30 bits per heavy atom.